The number of fused-ring (bicyclic) bond motifs is 3. The second-order valence-corrected chi connectivity index (χ2v) is 17.6. The molecule has 0 aliphatic heterocycles. The van der Waals surface area contributed by atoms with Gasteiger partial charge in [-0.3, -0.25) is 0 Å². The van der Waals surface area contributed by atoms with Gasteiger partial charge in [0.1, 0.15) is 0 Å². The molecular weight excluding hydrogens is 729 g/mol. The normalized spacial score (nSPS) is 21.7. The largest absolute Gasteiger partial charge is 0.208 e. The highest BCUT2D eigenvalue weighted by atomic mass is 15.0. The maximum Gasteiger partial charge on any atom is 0.164 e. The molecule has 4 saturated carbocycles. The van der Waals surface area contributed by atoms with Gasteiger partial charge in [-0.25, -0.2) is 15.0 Å². The van der Waals surface area contributed by atoms with Gasteiger partial charge in [-0.15, -0.1) is 0 Å². The molecule has 5 aliphatic carbocycles. The van der Waals surface area contributed by atoms with Crippen LogP contribution in [0.2, 0.25) is 0 Å². The first-order valence-corrected chi connectivity index (χ1v) is 21.5. The average Bonchev–Trinajstić information content (AvgIpc) is 3.60. The van der Waals surface area contributed by atoms with Crippen molar-refractivity contribution in [1.82, 2.24) is 15.0 Å². The van der Waals surface area contributed by atoms with E-state index < -0.39 is 0 Å². The quantitative estimate of drug-likeness (QED) is 0.169. The molecule has 286 valence electrons. The first kappa shape index (κ1) is 35.0. The Morgan fingerprint density at radius 3 is 1.35 bits per heavy atom. The van der Waals surface area contributed by atoms with Crippen molar-refractivity contribution in [3.63, 3.8) is 0 Å². The SMILES string of the molecule is N#Cc1ccc2c(c1)C1(c3cc(-c4nc(-c5ccc(-c6ccccc6)cc5)nc(-c5cc(-c6ccccc6)cc(-c6ccccc6)c5)n4)ccc3-2)C2CC3CC(C2)CC1C3. The van der Waals surface area contributed by atoms with Gasteiger partial charge in [-0.1, -0.05) is 133 Å². The molecule has 0 unspecified atom stereocenters. The second-order valence-electron chi connectivity index (χ2n) is 17.6. The van der Waals surface area contributed by atoms with E-state index in [2.05, 4.69) is 164 Å². The fraction of sp³-hybridized carbons (Fsp3) is 0.179. The van der Waals surface area contributed by atoms with Crippen LogP contribution in [0.15, 0.2) is 170 Å². The van der Waals surface area contributed by atoms with Crippen LogP contribution in [0.4, 0.5) is 0 Å². The molecule has 1 aromatic heterocycles. The number of aromatic nitrogens is 3. The topological polar surface area (TPSA) is 62.5 Å². The van der Waals surface area contributed by atoms with Crippen molar-refractivity contribution in [3.05, 3.63) is 187 Å². The highest BCUT2D eigenvalue weighted by Gasteiger charge is 2.61. The Kier molecular flexibility index (Phi) is 8.07. The van der Waals surface area contributed by atoms with Gasteiger partial charge in [0.2, 0.25) is 0 Å². The van der Waals surface area contributed by atoms with Gasteiger partial charge in [0.05, 0.1) is 11.6 Å². The van der Waals surface area contributed by atoms with Crippen LogP contribution in [0.25, 0.3) is 78.7 Å². The van der Waals surface area contributed by atoms with Gasteiger partial charge in [0, 0.05) is 22.1 Å². The summed E-state index contributed by atoms with van der Waals surface area (Å²) in [5, 5.41) is 10.1. The van der Waals surface area contributed by atoms with E-state index in [0.717, 1.165) is 61.9 Å². The van der Waals surface area contributed by atoms with Gasteiger partial charge >= 0.3 is 0 Å². The van der Waals surface area contributed by atoms with Crippen LogP contribution < -0.4 is 0 Å². The average molecular weight is 771 g/mol. The van der Waals surface area contributed by atoms with Gasteiger partial charge < -0.3 is 0 Å². The predicted molar refractivity (Wildman–Crippen MR) is 240 cm³/mol. The summed E-state index contributed by atoms with van der Waals surface area (Å²) in [4.78, 5) is 16.0. The molecule has 13 rings (SSSR count). The van der Waals surface area contributed by atoms with E-state index in [1.165, 1.54) is 59.9 Å². The van der Waals surface area contributed by atoms with Gasteiger partial charge in [0.25, 0.3) is 0 Å². The fourth-order valence-electron chi connectivity index (χ4n) is 12.0. The standard InChI is InChI=1S/C56H42N4/c57-34-35-16-22-49-50-23-21-43(33-52(50)56(51(49)29-35)47-25-36-24-37(27-47)28-48(56)26-36)54-58-53(42-19-17-41(18-20-42)38-10-4-1-5-11-38)59-55(60-54)46-31-44(39-12-6-2-7-13-39)30-45(32-46)40-14-8-3-9-15-40/h1-23,29-33,36-37,47-48H,24-28H2. The monoisotopic (exact) mass is 770 g/mol. The van der Waals surface area contributed by atoms with Crippen molar-refractivity contribution in [3.8, 4) is 84.7 Å². The zero-order valence-electron chi connectivity index (χ0n) is 33.3. The van der Waals surface area contributed by atoms with Crippen LogP contribution in [0, 0.1) is 35.0 Å². The molecule has 4 fully saturated rings. The molecule has 4 bridgehead atoms. The van der Waals surface area contributed by atoms with Crippen molar-refractivity contribution < 1.29 is 0 Å². The lowest BCUT2D eigenvalue weighted by molar-refractivity contribution is -0.0399. The Morgan fingerprint density at radius 1 is 0.383 bits per heavy atom. The molecule has 1 heterocycles. The first-order valence-electron chi connectivity index (χ1n) is 21.5. The number of benzene rings is 7. The predicted octanol–water partition coefficient (Wildman–Crippen LogP) is 13.5. The van der Waals surface area contributed by atoms with Crippen LogP contribution in [-0.4, -0.2) is 15.0 Å². The van der Waals surface area contributed by atoms with E-state index in [0.29, 0.717) is 29.3 Å². The zero-order valence-corrected chi connectivity index (χ0v) is 33.3. The lowest BCUT2D eigenvalue weighted by Gasteiger charge is -2.61. The Morgan fingerprint density at radius 2 is 0.800 bits per heavy atom. The first-order chi connectivity index (χ1) is 29.6. The summed E-state index contributed by atoms with van der Waals surface area (Å²) in [7, 11) is 0. The summed E-state index contributed by atoms with van der Waals surface area (Å²) in [6.07, 6.45) is 6.48. The van der Waals surface area contributed by atoms with E-state index in [4.69, 9.17) is 15.0 Å². The second kappa shape index (κ2) is 13.8. The summed E-state index contributed by atoms with van der Waals surface area (Å²) in [6.45, 7) is 0. The van der Waals surface area contributed by atoms with Crippen molar-refractivity contribution in [2.24, 2.45) is 23.7 Å². The van der Waals surface area contributed by atoms with Crippen LogP contribution in [-0.2, 0) is 5.41 Å². The summed E-state index contributed by atoms with van der Waals surface area (Å²) in [5.74, 6) is 4.75. The smallest absolute Gasteiger partial charge is 0.164 e. The Labute approximate surface area is 351 Å². The molecule has 4 heteroatoms. The number of hydrogen-bond donors (Lipinski definition) is 0. The maximum absolute atomic E-state index is 10.1. The van der Waals surface area contributed by atoms with E-state index in [1.807, 2.05) is 12.1 Å². The molecule has 0 saturated heterocycles. The summed E-state index contributed by atoms with van der Waals surface area (Å²) in [5.41, 5.74) is 15.8. The molecule has 0 atom stereocenters. The van der Waals surface area contributed by atoms with Crippen LogP contribution in [0.3, 0.4) is 0 Å². The molecule has 1 spiro atoms. The highest BCUT2D eigenvalue weighted by molar-refractivity contribution is 5.86. The van der Waals surface area contributed by atoms with Gasteiger partial charge in [0.15, 0.2) is 17.5 Å². The fourth-order valence-corrected chi connectivity index (χ4v) is 12.0. The third kappa shape index (κ3) is 5.60. The zero-order chi connectivity index (χ0) is 39.8. The Bertz CT molecular complexity index is 2900. The Hall–Kier alpha value is -6.96. The maximum atomic E-state index is 10.1. The van der Waals surface area contributed by atoms with E-state index in [-0.39, 0.29) is 5.41 Å². The minimum absolute atomic E-state index is 0.0957. The number of rotatable bonds is 6. The minimum Gasteiger partial charge on any atom is -0.208 e. The summed E-state index contributed by atoms with van der Waals surface area (Å²) >= 11 is 0. The Balaban J connectivity index is 1.05. The lowest BCUT2D eigenvalue weighted by Crippen LogP contribution is -2.55. The lowest BCUT2D eigenvalue weighted by atomic mass is 9.43. The molecule has 4 nitrogen and oxygen atoms in total. The molecule has 5 aliphatic rings. The molecular formula is C56H42N4. The van der Waals surface area contributed by atoms with Crippen molar-refractivity contribution in [1.29, 1.82) is 5.26 Å². The van der Waals surface area contributed by atoms with Gasteiger partial charge in [-0.2, -0.15) is 5.26 Å². The summed E-state index contributed by atoms with van der Waals surface area (Å²) < 4.78 is 0. The molecule has 0 N–H and O–H groups in total. The number of nitriles is 1. The molecule has 8 aromatic rings. The summed E-state index contributed by atoms with van der Waals surface area (Å²) in [6, 6.07) is 62.8. The molecule has 7 aromatic carbocycles. The van der Waals surface area contributed by atoms with Crippen molar-refractivity contribution >= 4 is 0 Å². The molecule has 60 heavy (non-hydrogen) atoms. The van der Waals surface area contributed by atoms with Crippen molar-refractivity contribution in [2.75, 3.05) is 0 Å². The molecule has 0 radical (unpaired) electrons. The highest BCUT2D eigenvalue weighted by Crippen LogP contribution is 2.69. The third-order valence-corrected chi connectivity index (χ3v) is 14.3. The van der Waals surface area contributed by atoms with E-state index in [9.17, 15) is 5.26 Å². The van der Waals surface area contributed by atoms with Crippen LogP contribution in [0.1, 0.15) is 48.8 Å². The number of nitrogens with zero attached hydrogens (tertiary/aromatic N) is 4. The molecule has 0 amide bonds. The number of hydrogen-bond acceptors (Lipinski definition) is 4. The van der Waals surface area contributed by atoms with Crippen molar-refractivity contribution in [2.45, 2.75) is 37.5 Å². The van der Waals surface area contributed by atoms with Crippen LogP contribution in [0.5, 0.6) is 0 Å². The van der Waals surface area contributed by atoms with E-state index in [1.54, 1.807) is 0 Å². The third-order valence-electron chi connectivity index (χ3n) is 14.3. The van der Waals surface area contributed by atoms with Crippen LogP contribution >= 0.6 is 0 Å². The van der Waals surface area contributed by atoms with Gasteiger partial charge in [-0.05, 0) is 148 Å². The minimum atomic E-state index is -0.0957. The van der Waals surface area contributed by atoms with E-state index >= 15 is 0 Å².